The van der Waals surface area contributed by atoms with Gasteiger partial charge in [-0.15, -0.1) is 0 Å². The van der Waals surface area contributed by atoms with Gasteiger partial charge in [0.05, 0.1) is 0 Å². The van der Waals surface area contributed by atoms with E-state index in [2.05, 4.69) is 4.99 Å². The van der Waals surface area contributed by atoms with Crippen LogP contribution in [-0.4, -0.2) is 42.2 Å². The zero-order valence-corrected chi connectivity index (χ0v) is 14.9. The minimum Gasteiger partial charge on any atom is -0.490 e. The number of halogens is 1. The molecule has 0 atom stereocenters. The highest BCUT2D eigenvalue weighted by atomic mass is 19.1. The first kappa shape index (κ1) is 18.9. The van der Waals surface area contributed by atoms with Gasteiger partial charge in [0.2, 0.25) is 0 Å². The number of amides is 1. The van der Waals surface area contributed by atoms with E-state index in [1.165, 1.54) is 12.1 Å². The fourth-order valence-electron chi connectivity index (χ4n) is 2.83. The number of ether oxygens (including phenoxy) is 1. The largest absolute Gasteiger partial charge is 0.490 e. The zero-order chi connectivity index (χ0) is 18.6. The van der Waals surface area contributed by atoms with E-state index in [-0.39, 0.29) is 29.1 Å². The minimum atomic E-state index is -0.362. The van der Waals surface area contributed by atoms with Crippen LogP contribution in [0.5, 0.6) is 5.75 Å². The van der Waals surface area contributed by atoms with Crippen molar-refractivity contribution < 1.29 is 13.9 Å². The van der Waals surface area contributed by atoms with Gasteiger partial charge in [0, 0.05) is 31.5 Å². The summed E-state index contributed by atoms with van der Waals surface area (Å²) < 4.78 is 19.7. The molecule has 0 spiro atoms. The Morgan fingerprint density at radius 2 is 2.04 bits per heavy atom. The number of piperidine rings is 1. The van der Waals surface area contributed by atoms with Crippen molar-refractivity contribution in [3.8, 4) is 5.75 Å². The molecule has 1 heterocycles. The highest BCUT2D eigenvalue weighted by molar-refractivity contribution is 6.38. The number of hydrogen-bond acceptors (Lipinski definition) is 3. The number of nitrogens with zero attached hydrogens (tertiary/aromatic N) is 2. The van der Waals surface area contributed by atoms with Crippen LogP contribution in [0.25, 0.3) is 0 Å². The Balaban J connectivity index is 2.03. The van der Waals surface area contributed by atoms with E-state index in [9.17, 15) is 9.18 Å². The lowest BCUT2D eigenvalue weighted by atomic mass is 9.86. The first-order chi connectivity index (χ1) is 11.7. The molecule has 1 aliphatic rings. The van der Waals surface area contributed by atoms with Crippen molar-refractivity contribution in [2.75, 3.05) is 13.1 Å². The lowest BCUT2D eigenvalue weighted by molar-refractivity contribution is -0.125. The van der Waals surface area contributed by atoms with Gasteiger partial charge in [0.15, 0.2) is 5.84 Å². The van der Waals surface area contributed by atoms with Crippen molar-refractivity contribution in [3.05, 3.63) is 29.6 Å². The molecular weight excluding hydrogens is 323 g/mol. The second-order valence-electron chi connectivity index (χ2n) is 7.14. The third-order valence-corrected chi connectivity index (χ3v) is 4.20. The first-order valence-corrected chi connectivity index (χ1v) is 8.30. The number of benzene rings is 1. The summed E-state index contributed by atoms with van der Waals surface area (Å²) in [5.74, 6) is -0.135. The predicted molar refractivity (Wildman–Crippen MR) is 95.7 cm³/mol. The van der Waals surface area contributed by atoms with Gasteiger partial charge in [-0.1, -0.05) is 20.8 Å². The number of likely N-dealkylation sites (tertiary alicyclic amines) is 1. The van der Waals surface area contributed by atoms with E-state index >= 15 is 0 Å². The Kier molecular flexibility index (Phi) is 5.77. The van der Waals surface area contributed by atoms with Gasteiger partial charge in [0.1, 0.15) is 24.0 Å². The minimum absolute atomic E-state index is 0.0449. The first-order valence-electron chi connectivity index (χ1n) is 8.30. The van der Waals surface area contributed by atoms with E-state index < -0.39 is 0 Å². The van der Waals surface area contributed by atoms with Gasteiger partial charge in [-0.05, 0) is 23.6 Å². The van der Waals surface area contributed by atoms with Crippen LogP contribution in [0.15, 0.2) is 23.2 Å². The number of rotatable bonds is 3. The Morgan fingerprint density at radius 3 is 2.60 bits per heavy atom. The Morgan fingerprint density at radius 1 is 1.40 bits per heavy atom. The molecule has 1 aromatic carbocycles. The molecule has 0 bridgehead atoms. The van der Waals surface area contributed by atoms with Gasteiger partial charge in [-0.2, -0.15) is 0 Å². The van der Waals surface area contributed by atoms with Crippen LogP contribution in [0.2, 0.25) is 0 Å². The lowest BCUT2D eigenvalue weighted by Gasteiger charge is -2.33. The van der Waals surface area contributed by atoms with Crippen molar-refractivity contribution in [1.82, 2.24) is 4.90 Å². The summed E-state index contributed by atoms with van der Waals surface area (Å²) in [6, 6.07) is 4.59. The van der Waals surface area contributed by atoms with Crippen LogP contribution in [0.3, 0.4) is 0 Å². The second-order valence-corrected chi connectivity index (χ2v) is 7.14. The lowest BCUT2D eigenvalue weighted by Crippen LogP contribution is -2.46. The number of nitrogens with two attached hydrogens (primary N) is 1. The molecule has 136 valence electrons. The average Bonchev–Trinajstić information content (AvgIpc) is 2.56. The monoisotopic (exact) mass is 348 g/mol. The SMILES string of the molecule is CC(C)(C)c1cc(F)ccc1OC1CCN(C(=O)C(N)=NC=N)CC1. The summed E-state index contributed by atoms with van der Waals surface area (Å²) in [6.45, 7) is 7.05. The number of aliphatic imine (C=N–C) groups is 1. The van der Waals surface area contributed by atoms with Crippen molar-refractivity contribution in [2.24, 2.45) is 10.7 Å². The quantitative estimate of drug-likeness (QED) is 0.649. The van der Waals surface area contributed by atoms with Crippen LogP contribution >= 0.6 is 0 Å². The smallest absolute Gasteiger partial charge is 0.289 e. The average molecular weight is 348 g/mol. The highest BCUT2D eigenvalue weighted by Gasteiger charge is 2.27. The van der Waals surface area contributed by atoms with Crippen molar-refractivity contribution in [1.29, 1.82) is 5.41 Å². The molecular formula is C18H25FN4O2. The summed E-state index contributed by atoms with van der Waals surface area (Å²) in [5.41, 5.74) is 6.14. The molecule has 3 N–H and O–H groups in total. The summed E-state index contributed by atoms with van der Waals surface area (Å²) in [4.78, 5) is 17.2. The topological polar surface area (TPSA) is 91.8 Å². The van der Waals surface area contributed by atoms with Gasteiger partial charge in [-0.3, -0.25) is 10.2 Å². The van der Waals surface area contributed by atoms with Crippen molar-refractivity contribution >= 4 is 18.1 Å². The fraction of sp³-hybridized carbons (Fsp3) is 0.500. The molecule has 0 unspecified atom stereocenters. The van der Waals surface area contributed by atoms with Crippen LogP contribution < -0.4 is 10.5 Å². The third-order valence-electron chi connectivity index (χ3n) is 4.20. The van der Waals surface area contributed by atoms with Gasteiger partial charge in [-0.25, -0.2) is 9.38 Å². The third kappa shape index (κ3) is 4.78. The maximum atomic E-state index is 13.6. The standard InChI is InChI=1S/C18H25FN4O2/c1-18(2,3)14-10-12(19)4-5-15(14)25-13-6-8-23(9-7-13)17(24)16(21)22-11-20/h4-5,10-11,13H,6-9H2,1-3H3,(H3,20,21,22). The summed E-state index contributed by atoms with van der Waals surface area (Å²) in [7, 11) is 0. The molecule has 1 amide bonds. The molecule has 0 radical (unpaired) electrons. The van der Waals surface area contributed by atoms with Gasteiger partial charge >= 0.3 is 0 Å². The number of nitrogens with one attached hydrogen (secondary N) is 1. The highest BCUT2D eigenvalue weighted by Crippen LogP contribution is 2.33. The zero-order valence-electron chi connectivity index (χ0n) is 14.9. The molecule has 1 aromatic rings. The van der Waals surface area contributed by atoms with E-state index in [1.54, 1.807) is 11.0 Å². The number of carbonyl (C=O) groups is 1. The number of hydrogen-bond donors (Lipinski definition) is 2. The van der Waals surface area contributed by atoms with E-state index in [0.717, 1.165) is 11.9 Å². The maximum Gasteiger partial charge on any atom is 0.289 e. The van der Waals surface area contributed by atoms with Crippen LogP contribution in [-0.2, 0) is 10.2 Å². The molecule has 1 fully saturated rings. The molecule has 6 nitrogen and oxygen atoms in total. The normalized spacial score (nSPS) is 16.6. The molecule has 2 rings (SSSR count). The molecule has 0 aromatic heterocycles. The summed E-state index contributed by atoms with van der Waals surface area (Å²) in [5, 5.41) is 6.87. The maximum absolute atomic E-state index is 13.6. The molecule has 0 aliphatic carbocycles. The summed E-state index contributed by atoms with van der Waals surface area (Å²) in [6.07, 6.45) is 2.03. The van der Waals surface area contributed by atoms with Gasteiger partial charge in [0.25, 0.3) is 5.91 Å². The van der Waals surface area contributed by atoms with E-state index in [1.807, 2.05) is 20.8 Å². The number of amidine groups is 1. The fourth-order valence-corrected chi connectivity index (χ4v) is 2.83. The molecule has 1 aliphatic heterocycles. The van der Waals surface area contributed by atoms with Crippen LogP contribution in [0, 0.1) is 11.2 Å². The Hall–Kier alpha value is -2.44. The molecule has 7 heteroatoms. The number of carbonyl (C=O) groups excluding carboxylic acids is 1. The van der Waals surface area contributed by atoms with Crippen LogP contribution in [0.4, 0.5) is 4.39 Å². The Bertz CT molecular complexity index is 674. The Labute approximate surface area is 147 Å². The molecule has 0 saturated carbocycles. The molecule has 1 saturated heterocycles. The molecule has 25 heavy (non-hydrogen) atoms. The van der Waals surface area contributed by atoms with Crippen molar-refractivity contribution in [2.45, 2.75) is 45.1 Å². The van der Waals surface area contributed by atoms with E-state index in [4.69, 9.17) is 15.9 Å². The predicted octanol–water partition coefficient (Wildman–Crippen LogP) is 2.46. The second kappa shape index (κ2) is 7.63. The summed E-state index contributed by atoms with van der Waals surface area (Å²) >= 11 is 0. The van der Waals surface area contributed by atoms with Gasteiger partial charge < -0.3 is 15.4 Å². The van der Waals surface area contributed by atoms with Crippen LogP contribution in [0.1, 0.15) is 39.2 Å². The van der Waals surface area contributed by atoms with Crippen molar-refractivity contribution in [3.63, 3.8) is 0 Å². The van der Waals surface area contributed by atoms with E-state index in [0.29, 0.717) is 31.7 Å².